The number of hydrogen-bond acceptors (Lipinski definition) is 5. The molecule has 3 saturated heterocycles. The predicted molar refractivity (Wildman–Crippen MR) is 94.9 cm³/mol. The molecule has 136 valence electrons. The van der Waals surface area contributed by atoms with Crippen LogP contribution in [0.2, 0.25) is 0 Å². The third kappa shape index (κ3) is 3.13. The summed E-state index contributed by atoms with van der Waals surface area (Å²) in [5.74, 6) is 1.09. The maximum atomic E-state index is 13.0. The highest BCUT2D eigenvalue weighted by Crippen LogP contribution is 2.54. The van der Waals surface area contributed by atoms with Crippen LogP contribution < -0.4 is 4.74 Å². The molecule has 4 fully saturated rings. The Morgan fingerprint density at radius 3 is 2.52 bits per heavy atom. The first kappa shape index (κ1) is 18.1. The summed E-state index contributed by atoms with van der Waals surface area (Å²) in [6, 6.07) is 5.92. The quantitative estimate of drug-likeness (QED) is 0.353. The summed E-state index contributed by atoms with van der Waals surface area (Å²) in [7, 11) is 0. The van der Waals surface area contributed by atoms with Gasteiger partial charge in [0, 0.05) is 12.6 Å². The molecule has 2 bridgehead atoms. The molecule has 1 saturated carbocycles. The third-order valence-corrected chi connectivity index (χ3v) is 6.26. The van der Waals surface area contributed by atoms with Crippen molar-refractivity contribution in [1.82, 2.24) is 4.90 Å². The Bertz CT molecular complexity index is 669. The molecule has 1 aromatic rings. The second kappa shape index (κ2) is 6.92. The Morgan fingerprint density at radius 2 is 2.00 bits per heavy atom. The number of hydrogen-bond donors (Lipinski definition) is 0. The molecular formula is C18H23ClN2O4. The van der Waals surface area contributed by atoms with Gasteiger partial charge in [-0.05, 0) is 56.7 Å². The first-order chi connectivity index (χ1) is 11.6. The van der Waals surface area contributed by atoms with Crippen molar-refractivity contribution in [2.75, 3.05) is 19.6 Å². The standard InChI is InChI=1S/C18H22N2O4.ClH/c21-17(24-15-4-1-3-14(11-15)20(22)23)18(7-2-8-18)16-12-19-9-5-13(16)6-10-19;/h1,3-4,11,13,16H,2,5-10,12H2;1H. The number of non-ortho nitro benzene ring substituents is 1. The lowest BCUT2D eigenvalue weighted by atomic mass is 9.55. The van der Waals surface area contributed by atoms with Crippen molar-refractivity contribution in [3.63, 3.8) is 0 Å². The first-order valence-corrected chi connectivity index (χ1v) is 8.78. The van der Waals surface area contributed by atoms with Crippen LogP contribution in [-0.2, 0) is 4.79 Å². The molecule has 25 heavy (non-hydrogen) atoms. The highest BCUT2D eigenvalue weighted by Gasteiger charge is 2.56. The fourth-order valence-corrected chi connectivity index (χ4v) is 4.74. The average molecular weight is 367 g/mol. The second-order valence-corrected chi connectivity index (χ2v) is 7.40. The first-order valence-electron chi connectivity index (χ1n) is 8.78. The number of rotatable bonds is 4. The second-order valence-electron chi connectivity index (χ2n) is 7.40. The van der Waals surface area contributed by atoms with Crippen molar-refractivity contribution in [3.05, 3.63) is 34.4 Å². The topological polar surface area (TPSA) is 72.7 Å². The van der Waals surface area contributed by atoms with Gasteiger partial charge in [-0.15, -0.1) is 12.4 Å². The fraction of sp³-hybridized carbons (Fsp3) is 0.611. The van der Waals surface area contributed by atoms with E-state index in [0.717, 1.165) is 38.9 Å². The molecule has 7 heteroatoms. The minimum Gasteiger partial charge on any atom is -0.426 e. The lowest BCUT2D eigenvalue weighted by molar-refractivity contribution is -0.384. The minimum atomic E-state index is -0.468. The number of nitro groups is 1. The lowest BCUT2D eigenvalue weighted by Gasteiger charge is -2.55. The molecule has 1 unspecified atom stereocenters. The van der Waals surface area contributed by atoms with Crippen molar-refractivity contribution < 1.29 is 14.5 Å². The van der Waals surface area contributed by atoms with E-state index in [1.165, 1.54) is 25.0 Å². The minimum absolute atomic E-state index is 0. The van der Waals surface area contributed by atoms with Gasteiger partial charge in [0.25, 0.3) is 5.69 Å². The molecule has 4 aliphatic rings. The van der Waals surface area contributed by atoms with Crippen LogP contribution in [0.25, 0.3) is 0 Å². The van der Waals surface area contributed by atoms with Crippen LogP contribution >= 0.6 is 12.4 Å². The smallest absolute Gasteiger partial charge is 0.317 e. The van der Waals surface area contributed by atoms with E-state index in [9.17, 15) is 14.9 Å². The normalized spacial score (nSPS) is 29.2. The summed E-state index contributed by atoms with van der Waals surface area (Å²) in [5, 5.41) is 10.9. The van der Waals surface area contributed by atoms with Gasteiger partial charge < -0.3 is 9.64 Å². The Balaban J connectivity index is 0.00000182. The molecule has 0 spiro atoms. The van der Waals surface area contributed by atoms with Gasteiger partial charge in [-0.1, -0.05) is 12.5 Å². The van der Waals surface area contributed by atoms with E-state index >= 15 is 0 Å². The summed E-state index contributed by atoms with van der Waals surface area (Å²) in [5.41, 5.74) is -0.431. The number of esters is 1. The zero-order valence-electron chi connectivity index (χ0n) is 14.1. The largest absolute Gasteiger partial charge is 0.426 e. The zero-order chi connectivity index (χ0) is 16.7. The molecule has 0 radical (unpaired) electrons. The van der Waals surface area contributed by atoms with Crippen LogP contribution in [0.15, 0.2) is 24.3 Å². The van der Waals surface area contributed by atoms with Gasteiger partial charge in [0.15, 0.2) is 0 Å². The van der Waals surface area contributed by atoms with E-state index in [4.69, 9.17) is 4.74 Å². The summed E-state index contributed by atoms with van der Waals surface area (Å²) in [6.45, 7) is 3.29. The van der Waals surface area contributed by atoms with Crippen LogP contribution in [0, 0.1) is 27.4 Å². The highest BCUT2D eigenvalue weighted by atomic mass is 35.5. The van der Waals surface area contributed by atoms with Crippen molar-refractivity contribution >= 4 is 24.1 Å². The summed E-state index contributed by atoms with van der Waals surface area (Å²) in [4.78, 5) is 25.9. The van der Waals surface area contributed by atoms with E-state index in [0.29, 0.717) is 11.8 Å². The molecule has 0 aromatic heterocycles. The van der Waals surface area contributed by atoms with Crippen molar-refractivity contribution in [2.24, 2.45) is 17.3 Å². The molecule has 1 aromatic carbocycles. The monoisotopic (exact) mass is 366 g/mol. The Labute approximate surface area is 153 Å². The summed E-state index contributed by atoms with van der Waals surface area (Å²) in [6.07, 6.45) is 5.19. The summed E-state index contributed by atoms with van der Waals surface area (Å²) < 4.78 is 5.61. The predicted octanol–water partition coefficient (Wildman–Crippen LogP) is 3.43. The molecule has 1 atom stereocenters. The van der Waals surface area contributed by atoms with E-state index in [1.807, 2.05) is 0 Å². The molecular weight excluding hydrogens is 344 g/mol. The molecule has 3 heterocycles. The van der Waals surface area contributed by atoms with Gasteiger partial charge >= 0.3 is 5.97 Å². The van der Waals surface area contributed by atoms with Crippen LogP contribution in [0.1, 0.15) is 32.1 Å². The van der Waals surface area contributed by atoms with Crippen LogP contribution in [0.4, 0.5) is 5.69 Å². The Morgan fingerprint density at radius 1 is 1.28 bits per heavy atom. The van der Waals surface area contributed by atoms with Crippen LogP contribution in [0.3, 0.4) is 0 Å². The number of carbonyl (C=O) groups is 1. The third-order valence-electron chi connectivity index (χ3n) is 6.26. The Kier molecular flexibility index (Phi) is 5.02. The van der Waals surface area contributed by atoms with Gasteiger partial charge in [0.2, 0.25) is 0 Å². The zero-order valence-corrected chi connectivity index (χ0v) is 14.9. The van der Waals surface area contributed by atoms with Crippen molar-refractivity contribution in [2.45, 2.75) is 32.1 Å². The van der Waals surface area contributed by atoms with Gasteiger partial charge in [-0.2, -0.15) is 0 Å². The van der Waals surface area contributed by atoms with Gasteiger partial charge in [0.05, 0.1) is 16.4 Å². The van der Waals surface area contributed by atoms with Crippen LogP contribution in [0.5, 0.6) is 5.75 Å². The number of carbonyl (C=O) groups excluding carboxylic acids is 1. The van der Waals surface area contributed by atoms with Gasteiger partial charge in [0.1, 0.15) is 5.75 Å². The highest BCUT2D eigenvalue weighted by molar-refractivity contribution is 5.85. The number of halogens is 1. The van der Waals surface area contributed by atoms with Gasteiger partial charge in [-0.25, -0.2) is 0 Å². The van der Waals surface area contributed by atoms with E-state index < -0.39 is 4.92 Å². The molecule has 5 rings (SSSR count). The van der Waals surface area contributed by atoms with E-state index in [2.05, 4.69) is 4.90 Å². The maximum Gasteiger partial charge on any atom is 0.317 e. The van der Waals surface area contributed by atoms with E-state index in [1.54, 1.807) is 12.1 Å². The van der Waals surface area contributed by atoms with Crippen molar-refractivity contribution in [1.29, 1.82) is 0 Å². The molecule has 3 aliphatic heterocycles. The molecule has 0 amide bonds. The van der Waals surface area contributed by atoms with Crippen molar-refractivity contribution in [3.8, 4) is 5.75 Å². The number of nitrogens with zero attached hydrogens (tertiary/aromatic N) is 2. The summed E-state index contributed by atoms with van der Waals surface area (Å²) >= 11 is 0. The molecule has 6 nitrogen and oxygen atoms in total. The average Bonchev–Trinajstić information content (AvgIpc) is 2.55. The Hall–Kier alpha value is -1.66. The fourth-order valence-electron chi connectivity index (χ4n) is 4.74. The van der Waals surface area contributed by atoms with Crippen LogP contribution in [-0.4, -0.2) is 35.4 Å². The maximum absolute atomic E-state index is 13.0. The molecule has 1 aliphatic carbocycles. The number of ether oxygens (including phenoxy) is 1. The van der Waals surface area contributed by atoms with Gasteiger partial charge in [-0.3, -0.25) is 14.9 Å². The number of piperidine rings is 3. The number of fused-ring (bicyclic) bond motifs is 3. The lowest BCUT2D eigenvalue weighted by Crippen LogP contribution is -2.58. The van der Waals surface area contributed by atoms with E-state index in [-0.39, 0.29) is 35.2 Å². The number of benzene rings is 1. The molecule has 0 N–H and O–H groups in total. The SMILES string of the molecule is Cl.O=C(Oc1cccc([N+](=O)[O-])c1)C1(C2CN3CCC2CC3)CCC1. The number of nitro benzene ring substituents is 1.